The van der Waals surface area contributed by atoms with Crippen LogP contribution in [0.3, 0.4) is 0 Å². The Bertz CT molecular complexity index is 449. The largest absolute Gasteiger partial charge is 0.323 e. The van der Waals surface area contributed by atoms with E-state index in [-0.39, 0.29) is 16.5 Å². The van der Waals surface area contributed by atoms with Gasteiger partial charge < -0.3 is 4.98 Å². The summed E-state index contributed by atoms with van der Waals surface area (Å²) in [6, 6.07) is 3.19. The Hall–Kier alpha value is -1.27. The molecule has 14 heavy (non-hydrogen) atoms. The lowest BCUT2D eigenvalue weighted by molar-refractivity contribution is 0.567. The number of halogens is 1. The van der Waals surface area contributed by atoms with Gasteiger partial charge in [-0.1, -0.05) is 32.4 Å². The van der Waals surface area contributed by atoms with Crippen molar-refractivity contribution in [3.8, 4) is 6.07 Å². The summed E-state index contributed by atoms with van der Waals surface area (Å²) < 4.78 is 0. The number of nitrogens with one attached hydrogen (secondary N) is 1. The molecule has 0 radical (unpaired) electrons. The van der Waals surface area contributed by atoms with Gasteiger partial charge in [0.25, 0.3) is 5.56 Å². The Morgan fingerprint density at radius 1 is 1.50 bits per heavy atom. The summed E-state index contributed by atoms with van der Waals surface area (Å²) in [7, 11) is 0. The van der Waals surface area contributed by atoms with Gasteiger partial charge in [-0.15, -0.1) is 0 Å². The molecule has 0 saturated carbocycles. The quantitative estimate of drug-likeness (QED) is 0.714. The first-order chi connectivity index (χ1) is 6.36. The molecule has 0 unspecified atom stereocenters. The molecule has 3 nitrogen and oxygen atoms in total. The topological polar surface area (TPSA) is 56.6 Å². The monoisotopic (exact) mass is 210 g/mol. The molecule has 0 spiro atoms. The molecule has 0 bridgehead atoms. The molecule has 0 amide bonds. The van der Waals surface area contributed by atoms with E-state index in [4.69, 9.17) is 16.9 Å². The van der Waals surface area contributed by atoms with Crippen molar-refractivity contribution >= 4 is 11.6 Å². The molecule has 0 saturated heterocycles. The number of pyridine rings is 1. The average molecular weight is 211 g/mol. The molecule has 0 aliphatic rings. The van der Waals surface area contributed by atoms with Gasteiger partial charge in [0, 0.05) is 11.1 Å². The standard InChI is InChI=1S/C10H11ClN2O/c1-10(2,3)8-7(11)4-6(5-12)9(14)13-8/h4H,1-3H3,(H,13,14). The van der Waals surface area contributed by atoms with Crippen LogP contribution in [0.5, 0.6) is 0 Å². The summed E-state index contributed by atoms with van der Waals surface area (Å²) in [5.74, 6) is 0. The van der Waals surface area contributed by atoms with Crippen LogP contribution in [-0.2, 0) is 5.41 Å². The maximum Gasteiger partial charge on any atom is 0.266 e. The lowest BCUT2D eigenvalue weighted by Crippen LogP contribution is -2.21. The van der Waals surface area contributed by atoms with Crippen LogP contribution in [0.1, 0.15) is 32.0 Å². The molecule has 0 aliphatic heterocycles. The molecule has 1 rings (SSSR count). The summed E-state index contributed by atoms with van der Waals surface area (Å²) in [5, 5.41) is 9.03. The van der Waals surface area contributed by atoms with E-state index in [1.807, 2.05) is 20.8 Å². The number of hydrogen-bond donors (Lipinski definition) is 1. The second-order valence-corrected chi connectivity index (χ2v) is 4.50. The number of nitrogens with zero attached hydrogens (tertiary/aromatic N) is 1. The Morgan fingerprint density at radius 2 is 2.07 bits per heavy atom. The fourth-order valence-electron chi connectivity index (χ4n) is 1.13. The first kappa shape index (κ1) is 10.8. The van der Waals surface area contributed by atoms with Gasteiger partial charge in [-0.2, -0.15) is 5.26 Å². The van der Waals surface area contributed by atoms with Gasteiger partial charge in [0.2, 0.25) is 0 Å². The SMILES string of the molecule is CC(C)(C)c1[nH]c(=O)c(C#N)cc1Cl. The zero-order valence-electron chi connectivity index (χ0n) is 8.31. The fraction of sp³-hybridized carbons (Fsp3) is 0.400. The molecule has 1 N–H and O–H groups in total. The highest BCUT2D eigenvalue weighted by Crippen LogP contribution is 2.26. The molecular weight excluding hydrogens is 200 g/mol. The maximum atomic E-state index is 11.3. The molecule has 0 aromatic carbocycles. The number of rotatable bonds is 0. The first-order valence-electron chi connectivity index (χ1n) is 4.19. The Balaban J connectivity index is 3.47. The number of aromatic nitrogens is 1. The van der Waals surface area contributed by atoms with Gasteiger partial charge in [-0.25, -0.2) is 0 Å². The van der Waals surface area contributed by atoms with Crippen molar-refractivity contribution in [3.63, 3.8) is 0 Å². The normalized spacial score (nSPS) is 11.1. The minimum atomic E-state index is -0.387. The minimum Gasteiger partial charge on any atom is -0.323 e. The maximum absolute atomic E-state index is 11.3. The molecule has 1 aromatic heterocycles. The van der Waals surface area contributed by atoms with Crippen molar-refractivity contribution in [2.45, 2.75) is 26.2 Å². The summed E-state index contributed by atoms with van der Waals surface area (Å²) in [6.07, 6.45) is 0. The highest BCUT2D eigenvalue weighted by Gasteiger charge is 2.19. The van der Waals surface area contributed by atoms with E-state index in [2.05, 4.69) is 4.98 Å². The number of aromatic amines is 1. The van der Waals surface area contributed by atoms with Crippen LogP contribution in [0, 0.1) is 11.3 Å². The first-order valence-corrected chi connectivity index (χ1v) is 4.57. The Morgan fingerprint density at radius 3 is 2.50 bits per heavy atom. The molecule has 0 atom stereocenters. The number of H-pyrrole nitrogens is 1. The van der Waals surface area contributed by atoms with Gasteiger partial charge >= 0.3 is 0 Å². The van der Waals surface area contributed by atoms with Gasteiger partial charge in [0.05, 0.1) is 5.02 Å². The zero-order chi connectivity index (χ0) is 10.9. The van der Waals surface area contributed by atoms with Crippen molar-refractivity contribution in [1.29, 1.82) is 5.26 Å². The van der Waals surface area contributed by atoms with Crippen molar-refractivity contribution in [2.24, 2.45) is 0 Å². The predicted octanol–water partition coefficient (Wildman–Crippen LogP) is 2.20. The number of nitriles is 1. The lowest BCUT2D eigenvalue weighted by Gasteiger charge is -2.19. The van der Waals surface area contributed by atoms with Crippen LogP contribution >= 0.6 is 11.6 Å². The van der Waals surface area contributed by atoms with Crippen LogP contribution in [0.2, 0.25) is 5.02 Å². The van der Waals surface area contributed by atoms with Gasteiger partial charge in [0.1, 0.15) is 11.6 Å². The van der Waals surface area contributed by atoms with Crippen molar-refractivity contribution in [2.75, 3.05) is 0 Å². The van der Waals surface area contributed by atoms with Crippen LogP contribution in [-0.4, -0.2) is 4.98 Å². The van der Waals surface area contributed by atoms with E-state index in [1.54, 1.807) is 6.07 Å². The smallest absolute Gasteiger partial charge is 0.266 e. The molecule has 1 heterocycles. The van der Waals surface area contributed by atoms with Gasteiger partial charge in [-0.3, -0.25) is 4.79 Å². The molecule has 0 aliphatic carbocycles. The van der Waals surface area contributed by atoms with Gasteiger partial charge in [-0.05, 0) is 6.07 Å². The highest BCUT2D eigenvalue weighted by molar-refractivity contribution is 6.31. The van der Waals surface area contributed by atoms with Crippen molar-refractivity contribution < 1.29 is 0 Å². The molecule has 4 heteroatoms. The van der Waals surface area contributed by atoms with E-state index in [0.717, 1.165) is 0 Å². The Labute approximate surface area is 87.3 Å². The lowest BCUT2D eigenvalue weighted by atomic mass is 9.91. The molecule has 74 valence electrons. The zero-order valence-corrected chi connectivity index (χ0v) is 9.07. The third-order valence-electron chi connectivity index (χ3n) is 1.86. The number of hydrogen-bond acceptors (Lipinski definition) is 2. The van der Waals surface area contributed by atoms with E-state index >= 15 is 0 Å². The third kappa shape index (κ3) is 1.97. The minimum absolute atomic E-state index is 0.0444. The van der Waals surface area contributed by atoms with E-state index < -0.39 is 0 Å². The second-order valence-electron chi connectivity index (χ2n) is 4.10. The average Bonchev–Trinajstić information content (AvgIpc) is 2.06. The van der Waals surface area contributed by atoms with Crippen molar-refractivity contribution in [3.05, 3.63) is 32.7 Å². The van der Waals surface area contributed by atoms with E-state index in [0.29, 0.717) is 10.7 Å². The summed E-state index contributed by atoms with van der Waals surface area (Å²) in [4.78, 5) is 14.0. The molecular formula is C10H11ClN2O. The highest BCUT2D eigenvalue weighted by atomic mass is 35.5. The summed E-state index contributed by atoms with van der Waals surface area (Å²) in [6.45, 7) is 5.82. The third-order valence-corrected chi connectivity index (χ3v) is 2.16. The predicted molar refractivity (Wildman–Crippen MR) is 55.5 cm³/mol. The summed E-state index contributed by atoms with van der Waals surface area (Å²) in [5.41, 5.74) is 0.0810. The van der Waals surface area contributed by atoms with Crippen molar-refractivity contribution in [1.82, 2.24) is 4.98 Å². The van der Waals surface area contributed by atoms with Gasteiger partial charge in [0.15, 0.2) is 0 Å². The fourth-order valence-corrected chi connectivity index (χ4v) is 1.57. The van der Waals surface area contributed by atoms with E-state index in [1.165, 1.54) is 6.07 Å². The molecule has 0 fully saturated rings. The Kier molecular flexibility index (Phi) is 2.68. The summed E-state index contributed by atoms with van der Waals surface area (Å²) >= 11 is 5.94. The van der Waals surface area contributed by atoms with Crippen LogP contribution in [0.25, 0.3) is 0 Å². The van der Waals surface area contributed by atoms with Crippen LogP contribution in [0.4, 0.5) is 0 Å². The molecule has 1 aromatic rings. The van der Waals surface area contributed by atoms with E-state index in [9.17, 15) is 4.79 Å². The van der Waals surface area contributed by atoms with Crippen LogP contribution < -0.4 is 5.56 Å². The second kappa shape index (κ2) is 3.47. The van der Waals surface area contributed by atoms with Crippen LogP contribution in [0.15, 0.2) is 10.9 Å².